The van der Waals surface area contributed by atoms with Crippen LogP contribution in [-0.4, -0.2) is 56.0 Å². The van der Waals surface area contributed by atoms with E-state index >= 15 is 0 Å². The van der Waals surface area contributed by atoms with Gasteiger partial charge in [0.1, 0.15) is 5.75 Å². The summed E-state index contributed by atoms with van der Waals surface area (Å²) in [6.45, 7) is 1.46. The standard InChI is InChI=1S/C7H15NO4S/c1-6(4-9)8(2)7(10)5-13(3,11)12/h6,9H,4-5H2,1-3H3. The maximum Gasteiger partial charge on any atom is 0.237 e. The molecule has 1 amide bonds. The van der Waals surface area contributed by atoms with Crippen LogP contribution in [0.4, 0.5) is 0 Å². The van der Waals surface area contributed by atoms with E-state index in [-0.39, 0.29) is 12.6 Å². The van der Waals surface area contributed by atoms with Crippen LogP contribution in [-0.2, 0) is 14.6 Å². The van der Waals surface area contributed by atoms with Crippen molar-refractivity contribution in [3.8, 4) is 0 Å². The van der Waals surface area contributed by atoms with E-state index in [9.17, 15) is 13.2 Å². The average Bonchev–Trinajstić information content (AvgIpc) is 1.98. The molecule has 0 aliphatic heterocycles. The van der Waals surface area contributed by atoms with E-state index in [0.29, 0.717) is 0 Å². The highest BCUT2D eigenvalue weighted by Gasteiger charge is 2.18. The molecule has 0 heterocycles. The Morgan fingerprint density at radius 3 is 2.31 bits per heavy atom. The van der Waals surface area contributed by atoms with E-state index in [1.165, 1.54) is 11.9 Å². The first-order chi connectivity index (χ1) is 5.78. The first kappa shape index (κ1) is 12.4. The smallest absolute Gasteiger partial charge is 0.237 e. The van der Waals surface area contributed by atoms with Crippen molar-refractivity contribution in [2.45, 2.75) is 13.0 Å². The van der Waals surface area contributed by atoms with Crippen molar-refractivity contribution in [2.24, 2.45) is 0 Å². The molecule has 0 spiro atoms. The minimum atomic E-state index is -3.28. The highest BCUT2D eigenvalue weighted by atomic mass is 32.2. The predicted octanol–water partition coefficient (Wildman–Crippen LogP) is -1.13. The fourth-order valence-corrected chi connectivity index (χ4v) is 1.35. The predicted molar refractivity (Wildman–Crippen MR) is 49.0 cm³/mol. The number of aliphatic hydroxyl groups excluding tert-OH is 1. The maximum atomic E-state index is 11.2. The van der Waals surface area contributed by atoms with Gasteiger partial charge in [0.2, 0.25) is 5.91 Å². The van der Waals surface area contributed by atoms with Crippen LogP contribution in [0.1, 0.15) is 6.92 Å². The summed E-state index contributed by atoms with van der Waals surface area (Å²) in [6, 6.07) is -0.353. The second kappa shape index (κ2) is 4.57. The maximum absolute atomic E-state index is 11.2. The lowest BCUT2D eigenvalue weighted by molar-refractivity contribution is -0.129. The monoisotopic (exact) mass is 209 g/mol. The minimum absolute atomic E-state index is 0.175. The Hall–Kier alpha value is -0.620. The van der Waals surface area contributed by atoms with Crippen LogP contribution < -0.4 is 0 Å². The van der Waals surface area contributed by atoms with E-state index in [1.54, 1.807) is 6.92 Å². The quantitative estimate of drug-likeness (QED) is 0.636. The second-order valence-electron chi connectivity index (χ2n) is 3.11. The van der Waals surface area contributed by atoms with Crippen molar-refractivity contribution >= 4 is 15.7 Å². The lowest BCUT2D eigenvalue weighted by Crippen LogP contribution is -2.40. The summed E-state index contributed by atoms with van der Waals surface area (Å²) in [5.41, 5.74) is 0. The van der Waals surface area contributed by atoms with Crippen LogP contribution in [0.3, 0.4) is 0 Å². The number of carbonyl (C=O) groups excluding carboxylic acids is 1. The molecule has 0 aromatic rings. The first-order valence-electron chi connectivity index (χ1n) is 3.82. The van der Waals surface area contributed by atoms with Gasteiger partial charge in [0.25, 0.3) is 0 Å². The van der Waals surface area contributed by atoms with E-state index in [4.69, 9.17) is 5.11 Å². The molecule has 0 aliphatic rings. The number of likely N-dealkylation sites (N-methyl/N-ethyl adjacent to an activating group) is 1. The SMILES string of the molecule is CC(CO)N(C)C(=O)CS(C)(=O)=O. The van der Waals surface area contributed by atoms with Crippen molar-refractivity contribution in [3.63, 3.8) is 0 Å². The molecule has 0 aromatic heterocycles. The molecule has 0 saturated heterocycles. The molecule has 13 heavy (non-hydrogen) atoms. The molecule has 78 valence electrons. The highest BCUT2D eigenvalue weighted by Crippen LogP contribution is 1.97. The van der Waals surface area contributed by atoms with Gasteiger partial charge in [-0.1, -0.05) is 0 Å². The van der Waals surface area contributed by atoms with Gasteiger partial charge in [-0.3, -0.25) is 4.79 Å². The van der Waals surface area contributed by atoms with Crippen LogP contribution in [0.15, 0.2) is 0 Å². The highest BCUT2D eigenvalue weighted by molar-refractivity contribution is 7.91. The Balaban J connectivity index is 4.28. The lowest BCUT2D eigenvalue weighted by atomic mass is 10.3. The molecule has 0 bridgehead atoms. The zero-order valence-electron chi connectivity index (χ0n) is 8.02. The summed E-state index contributed by atoms with van der Waals surface area (Å²) in [5, 5.41) is 8.71. The number of amides is 1. The zero-order valence-corrected chi connectivity index (χ0v) is 8.84. The summed E-state index contributed by atoms with van der Waals surface area (Å²) in [6.07, 6.45) is 1.00. The van der Waals surface area contributed by atoms with Gasteiger partial charge < -0.3 is 10.0 Å². The minimum Gasteiger partial charge on any atom is -0.394 e. The van der Waals surface area contributed by atoms with Crippen molar-refractivity contribution < 1.29 is 18.3 Å². The van der Waals surface area contributed by atoms with Gasteiger partial charge in [0.15, 0.2) is 9.84 Å². The van der Waals surface area contributed by atoms with Gasteiger partial charge in [0.05, 0.1) is 12.6 Å². The molecule has 0 fully saturated rings. The van der Waals surface area contributed by atoms with Gasteiger partial charge in [-0.15, -0.1) is 0 Å². The Bertz CT molecular complexity index is 272. The van der Waals surface area contributed by atoms with Crippen LogP contribution in [0, 0.1) is 0 Å². The number of sulfone groups is 1. The van der Waals surface area contributed by atoms with Crippen molar-refractivity contribution in [1.82, 2.24) is 4.90 Å². The van der Waals surface area contributed by atoms with Crippen molar-refractivity contribution in [3.05, 3.63) is 0 Å². The third-order valence-electron chi connectivity index (χ3n) is 1.70. The van der Waals surface area contributed by atoms with Crippen LogP contribution >= 0.6 is 0 Å². The Kier molecular flexibility index (Phi) is 4.35. The van der Waals surface area contributed by atoms with Gasteiger partial charge in [-0.05, 0) is 6.92 Å². The molecule has 5 nitrogen and oxygen atoms in total. The van der Waals surface area contributed by atoms with E-state index < -0.39 is 21.5 Å². The summed E-state index contributed by atoms with van der Waals surface area (Å²) >= 11 is 0. The van der Waals surface area contributed by atoms with E-state index in [1.807, 2.05) is 0 Å². The third kappa shape index (κ3) is 4.84. The normalized spacial score (nSPS) is 13.8. The van der Waals surface area contributed by atoms with E-state index in [0.717, 1.165) is 6.26 Å². The van der Waals surface area contributed by atoms with Gasteiger partial charge in [0, 0.05) is 13.3 Å². The topological polar surface area (TPSA) is 74.7 Å². The molecule has 1 unspecified atom stereocenters. The third-order valence-corrected chi connectivity index (χ3v) is 2.48. The molecule has 0 aromatic carbocycles. The molecule has 1 N–H and O–H groups in total. The lowest BCUT2D eigenvalue weighted by Gasteiger charge is -2.22. The number of carbonyl (C=O) groups is 1. The fraction of sp³-hybridized carbons (Fsp3) is 0.857. The van der Waals surface area contributed by atoms with Gasteiger partial charge in [-0.25, -0.2) is 8.42 Å². The number of rotatable bonds is 4. The molecule has 0 saturated carbocycles. The largest absolute Gasteiger partial charge is 0.394 e. The Morgan fingerprint density at radius 1 is 1.54 bits per heavy atom. The van der Waals surface area contributed by atoms with Crippen LogP contribution in [0.2, 0.25) is 0 Å². The summed E-state index contributed by atoms with van der Waals surface area (Å²) in [7, 11) is -1.82. The molecule has 0 aliphatic carbocycles. The number of aliphatic hydroxyl groups is 1. The second-order valence-corrected chi connectivity index (χ2v) is 5.25. The molecule has 0 radical (unpaired) electrons. The molecule has 6 heteroatoms. The van der Waals surface area contributed by atoms with Crippen molar-refractivity contribution in [2.75, 3.05) is 25.7 Å². The number of nitrogens with zero attached hydrogens (tertiary/aromatic N) is 1. The number of hydrogen-bond acceptors (Lipinski definition) is 4. The molecule has 1 atom stereocenters. The fourth-order valence-electron chi connectivity index (χ4n) is 0.694. The molecular weight excluding hydrogens is 194 g/mol. The molecular formula is C7H15NO4S. The summed E-state index contributed by atoms with van der Waals surface area (Å²) < 4.78 is 21.5. The summed E-state index contributed by atoms with van der Waals surface area (Å²) in [4.78, 5) is 12.4. The first-order valence-corrected chi connectivity index (χ1v) is 5.88. The van der Waals surface area contributed by atoms with Crippen LogP contribution in [0.25, 0.3) is 0 Å². The Morgan fingerprint density at radius 2 is 2.00 bits per heavy atom. The van der Waals surface area contributed by atoms with Gasteiger partial charge in [-0.2, -0.15) is 0 Å². The van der Waals surface area contributed by atoms with Gasteiger partial charge >= 0.3 is 0 Å². The van der Waals surface area contributed by atoms with Crippen molar-refractivity contribution in [1.29, 1.82) is 0 Å². The van der Waals surface area contributed by atoms with E-state index in [2.05, 4.69) is 0 Å². The summed E-state index contributed by atoms with van der Waals surface area (Å²) in [5.74, 6) is -1.00. The zero-order chi connectivity index (χ0) is 10.6. The average molecular weight is 209 g/mol. The Labute approximate surface area is 78.3 Å². The number of hydrogen-bond donors (Lipinski definition) is 1. The molecule has 0 rings (SSSR count). The van der Waals surface area contributed by atoms with Crippen LogP contribution in [0.5, 0.6) is 0 Å².